The van der Waals surface area contributed by atoms with Crippen molar-refractivity contribution in [2.45, 2.75) is 25.9 Å². The minimum atomic E-state index is -4.56. The molecular formula is C17H22F3N3O2. The molecule has 1 unspecified atom stereocenters. The smallest absolute Gasteiger partial charge is 0.333 e. The van der Waals surface area contributed by atoms with Crippen molar-refractivity contribution in [3.8, 4) is 0 Å². The second-order valence-electron chi connectivity index (χ2n) is 5.99. The van der Waals surface area contributed by atoms with Crippen molar-refractivity contribution in [1.82, 2.24) is 10.2 Å². The number of anilines is 1. The fourth-order valence-electron chi connectivity index (χ4n) is 2.87. The Morgan fingerprint density at radius 1 is 1.32 bits per heavy atom. The van der Waals surface area contributed by atoms with Gasteiger partial charge in [-0.25, -0.2) is 0 Å². The van der Waals surface area contributed by atoms with Crippen molar-refractivity contribution in [2.24, 2.45) is 5.92 Å². The second-order valence-corrected chi connectivity index (χ2v) is 5.99. The van der Waals surface area contributed by atoms with E-state index < -0.39 is 17.6 Å². The van der Waals surface area contributed by atoms with E-state index in [1.165, 1.54) is 23.1 Å². The van der Waals surface area contributed by atoms with Crippen molar-refractivity contribution in [2.75, 3.05) is 31.5 Å². The third-order valence-corrected chi connectivity index (χ3v) is 4.18. The van der Waals surface area contributed by atoms with Crippen molar-refractivity contribution in [1.29, 1.82) is 0 Å². The highest BCUT2D eigenvalue weighted by Crippen LogP contribution is 2.34. The zero-order chi connectivity index (χ0) is 18.4. The van der Waals surface area contributed by atoms with E-state index in [2.05, 4.69) is 10.6 Å². The third kappa shape index (κ3) is 5.19. The van der Waals surface area contributed by atoms with E-state index in [1.807, 2.05) is 0 Å². The third-order valence-electron chi connectivity index (χ3n) is 4.18. The van der Waals surface area contributed by atoms with E-state index >= 15 is 0 Å². The lowest BCUT2D eigenvalue weighted by Gasteiger charge is -2.28. The normalized spacial score (nSPS) is 17.8. The number of carbonyl (C=O) groups is 2. The van der Waals surface area contributed by atoms with Crippen molar-refractivity contribution in [3.05, 3.63) is 29.8 Å². The van der Waals surface area contributed by atoms with Crippen LogP contribution in [0.5, 0.6) is 0 Å². The van der Waals surface area contributed by atoms with Gasteiger partial charge in [0.05, 0.1) is 23.7 Å². The summed E-state index contributed by atoms with van der Waals surface area (Å²) in [4.78, 5) is 26.0. The van der Waals surface area contributed by atoms with Gasteiger partial charge in [0, 0.05) is 13.1 Å². The van der Waals surface area contributed by atoms with E-state index in [9.17, 15) is 22.8 Å². The van der Waals surface area contributed by atoms with Crippen LogP contribution < -0.4 is 10.6 Å². The maximum atomic E-state index is 13.0. The van der Waals surface area contributed by atoms with E-state index in [1.54, 1.807) is 6.92 Å². The Kier molecular flexibility index (Phi) is 6.41. The van der Waals surface area contributed by atoms with Gasteiger partial charge < -0.3 is 15.5 Å². The predicted octanol–water partition coefficient (Wildman–Crippen LogP) is 2.49. The van der Waals surface area contributed by atoms with Gasteiger partial charge in [-0.1, -0.05) is 12.1 Å². The summed E-state index contributed by atoms with van der Waals surface area (Å²) in [5, 5.41) is 5.41. The van der Waals surface area contributed by atoms with E-state index in [-0.39, 0.29) is 24.1 Å². The summed E-state index contributed by atoms with van der Waals surface area (Å²) in [6.07, 6.45) is -2.92. The molecule has 2 amide bonds. The molecule has 2 rings (SSSR count). The number of nitrogens with zero attached hydrogens (tertiary/aromatic N) is 1. The minimum Gasteiger partial charge on any atom is -0.333 e. The van der Waals surface area contributed by atoms with Gasteiger partial charge >= 0.3 is 6.18 Å². The first-order chi connectivity index (χ1) is 11.8. The SMILES string of the molecule is CCN(CC(=O)Nc1ccccc1C(F)(F)F)C(=O)C1CCCNC1. The number of piperidine rings is 1. The van der Waals surface area contributed by atoms with E-state index in [0.29, 0.717) is 13.1 Å². The Hall–Kier alpha value is -2.09. The Bertz CT molecular complexity index is 613. The second kappa shape index (κ2) is 8.33. The molecule has 0 bridgehead atoms. The fraction of sp³-hybridized carbons (Fsp3) is 0.529. The number of rotatable bonds is 5. The standard InChI is InChI=1S/C17H22F3N3O2/c1-2-23(16(25)12-6-5-9-21-10-12)11-15(24)22-14-8-4-3-7-13(14)17(18,19)20/h3-4,7-8,12,21H,2,5-6,9-11H2,1H3,(H,22,24). The van der Waals surface area contributed by atoms with Crippen LogP contribution in [0.2, 0.25) is 0 Å². The summed E-state index contributed by atoms with van der Waals surface area (Å²) < 4.78 is 38.9. The molecule has 0 aromatic heterocycles. The highest BCUT2D eigenvalue weighted by molar-refractivity contribution is 5.95. The molecule has 1 fully saturated rings. The van der Waals surface area contributed by atoms with Crippen LogP contribution in [0, 0.1) is 5.92 Å². The molecule has 1 aromatic carbocycles. The van der Waals surface area contributed by atoms with Crippen LogP contribution in [0.4, 0.5) is 18.9 Å². The molecule has 0 saturated carbocycles. The lowest BCUT2D eigenvalue weighted by atomic mass is 9.98. The number of nitrogens with one attached hydrogen (secondary N) is 2. The molecule has 8 heteroatoms. The maximum Gasteiger partial charge on any atom is 0.418 e. The van der Waals surface area contributed by atoms with Gasteiger partial charge in [0.15, 0.2) is 0 Å². The number of benzene rings is 1. The number of amides is 2. The molecule has 0 spiro atoms. The van der Waals surface area contributed by atoms with Crippen LogP contribution in [0.1, 0.15) is 25.3 Å². The zero-order valence-electron chi connectivity index (χ0n) is 14.0. The van der Waals surface area contributed by atoms with Crippen LogP contribution in [-0.2, 0) is 15.8 Å². The molecule has 1 aromatic rings. The van der Waals surface area contributed by atoms with Crippen LogP contribution in [0.15, 0.2) is 24.3 Å². The lowest BCUT2D eigenvalue weighted by Crippen LogP contribution is -2.45. The van der Waals surface area contributed by atoms with Gasteiger partial charge in [-0.15, -0.1) is 0 Å². The zero-order valence-corrected chi connectivity index (χ0v) is 14.0. The molecule has 25 heavy (non-hydrogen) atoms. The van der Waals surface area contributed by atoms with Gasteiger partial charge in [0.2, 0.25) is 11.8 Å². The summed E-state index contributed by atoms with van der Waals surface area (Å²) >= 11 is 0. The number of hydrogen-bond acceptors (Lipinski definition) is 3. The number of alkyl halides is 3. The average Bonchev–Trinajstić information content (AvgIpc) is 2.59. The molecule has 1 aliphatic rings. The first-order valence-corrected chi connectivity index (χ1v) is 8.28. The maximum absolute atomic E-state index is 13.0. The van der Waals surface area contributed by atoms with Gasteiger partial charge in [-0.2, -0.15) is 13.2 Å². The number of para-hydroxylation sites is 1. The minimum absolute atomic E-state index is 0.144. The molecule has 1 aliphatic heterocycles. The van der Waals surface area contributed by atoms with Crippen molar-refractivity contribution in [3.63, 3.8) is 0 Å². The van der Waals surface area contributed by atoms with E-state index in [0.717, 1.165) is 25.5 Å². The highest BCUT2D eigenvalue weighted by Gasteiger charge is 2.34. The fourth-order valence-corrected chi connectivity index (χ4v) is 2.87. The molecule has 1 atom stereocenters. The average molecular weight is 357 g/mol. The van der Waals surface area contributed by atoms with Gasteiger partial charge in [0.25, 0.3) is 0 Å². The van der Waals surface area contributed by atoms with Crippen molar-refractivity contribution >= 4 is 17.5 Å². The lowest BCUT2D eigenvalue weighted by molar-refractivity contribution is -0.139. The van der Waals surface area contributed by atoms with Crippen LogP contribution in [0.25, 0.3) is 0 Å². The number of hydrogen-bond donors (Lipinski definition) is 2. The van der Waals surface area contributed by atoms with Crippen molar-refractivity contribution < 1.29 is 22.8 Å². The molecule has 1 heterocycles. The van der Waals surface area contributed by atoms with Crippen LogP contribution in [0.3, 0.4) is 0 Å². The summed E-state index contributed by atoms with van der Waals surface area (Å²) in [7, 11) is 0. The highest BCUT2D eigenvalue weighted by atomic mass is 19.4. The molecular weight excluding hydrogens is 335 g/mol. The quantitative estimate of drug-likeness (QED) is 0.851. The Balaban J connectivity index is 2.02. The Labute approximate surface area is 144 Å². The summed E-state index contributed by atoms with van der Waals surface area (Å²) in [6.45, 7) is 3.23. The summed E-state index contributed by atoms with van der Waals surface area (Å²) in [5.74, 6) is -0.978. The van der Waals surface area contributed by atoms with Gasteiger partial charge in [0.1, 0.15) is 0 Å². The Morgan fingerprint density at radius 2 is 2.04 bits per heavy atom. The van der Waals surface area contributed by atoms with Crippen LogP contribution >= 0.6 is 0 Å². The molecule has 0 radical (unpaired) electrons. The number of halogens is 3. The monoisotopic (exact) mass is 357 g/mol. The molecule has 1 saturated heterocycles. The summed E-state index contributed by atoms with van der Waals surface area (Å²) in [6, 6.07) is 4.79. The summed E-state index contributed by atoms with van der Waals surface area (Å²) in [5.41, 5.74) is -1.21. The predicted molar refractivity (Wildman–Crippen MR) is 87.9 cm³/mol. The molecule has 5 nitrogen and oxygen atoms in total. The molecule has 2 N–H and O–H groups in total. The topological polar surface area (TPSA) is 61.4 Å². The largest absolute Gasteiger partial charge is 0.418 e. The van der Waals surface area contributed by atoms with Gasteiger partial charge in [-0.05, 0) is 38.4 Å². The van der Waals surface area contributed by atoms with Gasteiger partial charge in [-0.3, -0.25) is 9.59 Å². The van der Waals surface area contributed by atoms with Crippen LogP contribution in [-0.4, -0.2) is 42.9 Å². The Morgan fingerprint density at radius 3 is 2.64 bits per heavy atom. The number of likely N-dealkylation sites (N-methyl/N-ethyl adjacent to an activating group) is 1. The first kappa shape index (κ1) is 19.2. The number of carbonyl (C=O) groups excluding carboxylic acids is 2. The molecule has 0 aliphatic carbocycles. The molecule has 138 valence electrons. The van der Waals surface area contributed by atoms with E-state index in [4.69, 9.17) is 0 Å². The first-order valence-electron chi connectivity index (χ1n) is 8.28.